The van der Waals surface area contributed by atoms with Crippen LogP contribution in [0, 0.1) is 0 Å². The molecule has 0 radical (unpaired) electrons. The van der Waals surface area contributed by atoms with Gasteiger partial charge in [0.25, 0.3) is 0 Å². The largest absolute Gasteiger partial charge is 0.497 e. The summed E-state index contributed by atoms with van der Waals surface area (Å²) in [7, 11) is 1.66. The first kappa shape index (κ1) is 29.4. The van der Waals surface area contributed by atoms with Crippen LogP contribution in [0.2, 0.25) is 0 Å². The molecule has 0 aromatic heterocycles. The molecular formula is C28H31BrN6OS3. The van der Waals surface area contributed by atoms with Gasteiger partial charge in [0.2, 0.25) is 0 Å². The number of nitrogens with two attached hydrogens (primary N) is 3. The second-order valence-corrected chi connectivity index (χ2v) is 12.7. The van der Waals surface area contributed by atoms with E-state index in [9.17, 15) is 0 Å². The molecule has 3 aliphatic heterocycles. The topological polar surface area (TPSA) is 124 Å². The Hall–Kier alpha value is -2.60. The lowest BCUT2D eigenvalue weighted by Gasteiger charge is -2.06. The molecule has 0 bridgehead atoms. The van der Waals surface area contributed by atoms with Crippen LogP contribution >= 0.6 is 51.2 Å². The van der Waals surface area contributed by atoms with Crippen LogP contribution in [0.25, 0.3) is 0 Å². The van der Waals surface area contributed by atoms with Crippen LogP contribution in [0.3, 0.4) is 0 Å². The van der Waals surface area contributed by atoms with Crippen LogP contribution in [-0.2, 0) is 0 Å². The van der Waals surface area contributed by atoms with E-state index in [-0.39, 0.29) is 18.1 Å². The average Bonchev–Trinajstić information content (AvgIpc) is 3.71. The molecule has 3 heterocycles. The molecule has 11 heteroatoms. The van der Waals surface area contributed by atoms with Crippen molar-refractivity contribution in [2.75, 3.05) is 24.4 Å². The molecule has 39 heavy (non-hydrogen) atoms. The van der Waals surface area contributed by atoms with E-state index in [0.29, 0.717) is 15.5 Å². The fourth-order valence-electron chi connectivity index (χ4n) is 3.90. The Morgan fingerprint density at radius 2 is 1.10 bits per heavy atom. The minimum Gasteiger partial charge on any atom is -0.497 e. The Labute approximate surface area is 250 Å². The minimum atomic E-state index is 0.214. The summed E-state index contributed by atoms with van der Waals surface area (Å²) in [4.78, 5) is 13.0. The summed E-state index contributed by atoms with van der Waals surface area (Å²) in [5.41, 5.74) is 20.5. The number of nitrogens with zero attached hydrogens (tertiary/aromatic N) is 3. The third-order valence-corrected chi connectivity index (χ3v) is 9.08. The van der Waals surface area contributed by atoms with Crippen molar-refractivity contribution < 1.29 is 4.74 Å². The smallest absolute Gasteiger partial charge is 0.154 e. The standard InChI is InChI=1S/C10H12N2OS.C9H9BrN2S.C9H10N2S/c1-13-8-4-2-7(3-5-8)9-6-14-10(11)12-9;10-7-3-1-2-6(4-7)8-5-13-9(11)12-8;10-9-11-8(6-12-9)7-4-2-1-3-5-7/h2-5,9H,6H2,1H3,(H2,11,12);1-4,8H,5H2,(H2,11,12);1-5,8H,6H2,(H2,10,11). The number of ether oxygens (including phenoxy) is 1. The van der Waals surface area contributed by atoms with Crippen molar-refractivity contribution in [1.82, 2.24) is 0 Å². The van der Waals surface area contributed by atoms with Gasteiger partial charge in [0.05, 0.1) is 25.2 Å². The number of rotatable bonds is 4. The van der Waals surface area contributed by atoms with Crippen LogP contribution in [0.15, 0.2) is 98.3 Å². The normalized spacial score (nSPS) is 21.5. The maximum Gasteiger partial charge on any atom is 0.154 e. The molecule has 6 N–H and O–H groups in total. The summed E-state index contributed by atoms with van der Waals surface area (Å²) in [6, 6.07) is 27.2. The zero-order chi connectivity index (χ0) is 27.6. The van der Waals surface area contributed by atoms with Gasteiger partial charge < -0.3 is 21.9 Å². The molecule has 3 atom stereocenters. The molecule has 3 unspecified atom stereocenters. The molecule has 0 saturated carbocycles. The fraction of sp³-hybridized carbons (Fsp3) is 0.250. The van der Waals surface area contributed by atoms with Crippen molar-refractivity contribution in [3.05, 3.63) is 100 Å². The third-order valence-electron chi connectivity index (χ3n) is 5.93. The number of hydrogen-bond donors (Lipinski definition) is 3. The van der Waals surface area contributed by atoms with E-state index in [4.69, 9.17) is 21.9 Å². The van der Waals surface area contributed by atoms with E-state index in [2.05, 4.69) is 55.2 Å². The first-order valence-electron chi connectivity index (χ1n) is 12.2. The maximum atomic E-state index is 5.61. The number of thioether (sulfide) groups is 3. The molecule has 6 rings (SSSR count). The van der Waals surface area contributed by atoms with Crippen LogP contribution < -0.4 is 21.9 Å². The van der Waals surface area contributed by atoms with Crippen LogP contribution in [-0.4, -0.2) is 39.9 Å². The van der Waals surface area contributed by atoms with E-state index in [0.717, 1.165) is 27.5 Å². The molecular weight excluding hydrogens is 612 g/mol. The van der Waals surface area contributed by atoms with Crippen molar-refractivity contribution in [2.24, 2.45) is 32.2 Å². The zero-order valence-electron chi connectivity index (χ0n) is 21.4. The van der Waals surface area contributed by atoms with Crippen molar-refractivity contribution in [3.63, 3.8) is 0 Å². The third kappa shape index (κ3) is 8.96. The summed E-state index contributed by atoms with van der Waals surface area (Å²) in [5.74, 6) is 3.76. The summed E-state index contributed by atoms with van der Waals surface area (Å²) in [6.07, 6.45) is 0. The predicted molar refractivity (Wildman–Crippen MR) is 174 cm³/mol. The van der Waals surface area contributed by atoms with Gasteiger partial charge in [-0.15, -0.1) is 0 Å². The van der Waals surface area contributed by atoms with Crippen LogP contribution in [0.5, 0.6) is 5.75 Å². The van der Waals surface area contributed by atoms with Crippen molar-refractivity contribution in [1.29, 1.82) is 0 Å². The van der Waals surface area contributed by atoms with E-state index in [1.807, 2.05) is 54.6 Å². The number of benzene rings is 3. The Bertz CT molecular complexity index is 1320. The van der Waals surface area contributed by atoms with E-state index >= 15 is 0 Å². The van der Waals surface area contributed by atoms with Crippen molar-refractivity contribution in [3.8, 4) is 5.75 Å². The molecule has 0 amide bonds. The molecule has 0 fully saturated rings. The van der Waals surface area contributed by atoms with E-state index in [1.165, 1.54) is 16.7 Å². The van der Waals surface area contributed by atoms with Crippen LogP contribution in [0.1, 0.15) is 34.8 Å². The van der Waals surface area contributed by atoms with Crippen molar-refractivity contribution in [2.45, 2.75) is 18.1 Å². The molecule has 7 nitrogen and oxygen atoms in total. The predicted octanol–water partition coefficient (Wildman–Crippen LogP) is 6.14. The minimum absolute atomic E-state index is 0.214. The van der Waals surface area contributed by atoms with Crippen molar-refractivity contribution >= 4 is 66.7 Å². The highest BCUT2D eigenvalue weighted by Crippen LogP contribution is 2.31. The number of aliphatic imine (C=N–C) groups is 3. The highest BCUT2D eigenvalue weighted by atomic mass is 79.9. The summed E-state index contributed by atoms with van der Waals surface area (Å²) in [5, 5.41) is 2.10. The first-order valence-corrected chi connectivity index (χ1v) is 16.0. The van der Waals surface area contributed by atoms with Gasteiger partial charge in [0, 0.05) is 21.7 Å². The molecule has 3 aromatic carbocycles. The number of hydrogen-bond acceptors (Lipinski definition) is 10. The molecule has 3 aliphatic rings. The monoisotopic (exact) mass is 642 g/mol. The number of methoxy groups -OCH3 is 1. The SMILES string of the molecule is COc1ccc(C2CSC(N)=N2)cc1.NC1=NC(c2cccc(Br)c2)CS1.NC1=NC(c2ccccc2)CS1. The maximum absolute atomic E-state index is 5.61. The van der Waals surface area contributed by atoms with Gasteiger partial charge in [-0.25, -0.2) is 0 Å². The van der Waals surface area contributed by atoms with Gasteiger partial charge in [-0.3, -0.25) is 15.0 Å². The Kier molecular flexibility index (Phi) is 11.1. The Balaban J connectivity index is 0.000000136. The van der Waals surface area contributed by atoms with Gasteiger partial charge in [-0.1, -0.05) is 106 Å². The van der Waals surface area contributed by atoms with Crippen LogP contribution in [0.4, 0.5) is 0 Å². The van der Waals surface area contributed by atoms with Gasteiger partial charge in [0.15, 0.2) is 15.5 Å². The first-order chi connectivity index (χ1) is 18.9. The van der Waals surface area contributed by atoms with Gasteiger partial charge in [0.1, 0.15) is 5.75 Å². The van der Waals surface area contributed by atoms with Gasteiger partial charge in [-0.05, 0) is 41.0 Å². The number of amidine groups is 3. The summed E-state index contributed by atoms with van der Waals surface area (Å²) in [6.45, 7) is 0. The highest BCUT2D eigenvalue weighted by Gasteiger charge is 2.19. The number of halogens is 1. The summed E-state index contributed by atoms with van der Waals surface area (Å²) < 4.78 is 6.18. The van der Waals surface area contributed by atoms with Gasteiger partial charge >= 0.3 is 0 Å². The highest BCUT2D eigenvalue weighted by molar-refractivity contribution is 9.10. The Morgan fingerprint density at radius 1 is 0.641 bits per heavy atom. The van der Waals surface area contributed by atoms with E-state index in [1.54, 1.807) is 42.4 Å². The second-order valence-electron chi connectivity index (χ2n) is 8.62. The quantitative estimate of drug-likeness (QED) is 0.312. The molecule has 3 aromatic rings. The molecule has 0 spiro atoms. The molecule has 0 aliphatic carbocycles. The second kappa shape index (κ2) is 14.7. The Morgan fingerprint density at radius 3 is 1.54 bits per heavy atom. The average molecular weight is 644 g/mol. The molecule has 204 valence electrons. The van der Waals surface area contributed by atoms with E-state index < -0.39 is 0 Å². The lowest BCUT2D eigenvalue weighted by atomic mass is 10.1. The lowest BCUT2D eigenvalue weighted by Crippen LogP contribution is -2.01. The zero-order valence-corrected chi connectivity index (χ0v) is 25.5. The van der Waals surface area contributed by atoms with Gasteiger partial charge in [-0.2, -0.15) is 0 Å². The fourth-order valence-corrected chi connectivity index (χ4v) is 6.71. The lowest BCUT2D eigenvalue weighted by molar-refractivity contribution is 0.414. The summed E-state index contributed by atoms with van der Waals surface area (Å²) >= 11 is 8.29. The molecule has 0 saturated heterocycles.